The SMILES string of the molecule is C=CC[C@@]1(C)C(=O)[C@H]2C[C@@H]1[C@H](C)[C@@H]2C(=O)OC. The van der Waals surface area contributed by atoms with Crippen molar-refractivity contribution in [1.29, 1.82) is 0 Å². The lowest BCUT2D eigenvalue weighted by Gasteiger charge is -2.38. The molecule has 17 heavy (non-hydrogen) atoms. The highest BCUT2D eigenvalue weighted by atomic mass is 16.5. The summed E-state index contributed by atoms with van der Waals surface area (Å²) >= 11 is 0. The van der Waals surface area contributed by atoms with E-state index in [1.54, 1.807) is 0 Å². The van der Waals surface area contributed by atoms with Crippen LogP contribution in [-0.4, -0.2) is 18.9 Å². The van der Waals surface area contributed by atoms with Crippen molar-refractivity contribution in [2.75, 3.05) is 7.11 Å². The van der Waals surface area contributed by atoms with Crippen LogP contribution in [0.1, 0.15) is 26.7 Å². The van der Waals surface area contributed by atoms with Crippen molar-refractivity contribution in [2.45, 2.75) is 26.7 Å². The topological polar surface area (TPSA) is 43.4 Å². The fourth-order valence-electron chi connectivity index (χ4n) is 4.04. The maximum atomic E-state index is 12.4. The van der Waals surface area contributed by atoms with Gasteiger partial charge in [-0.2, -0.15) is 0 Å². The van der Waals surface area contributed by atoms with Crippen molar-refractivity contribution in [3.05, 3.63) is 12.7 Å². The Bertz CT molecular complexity index is 374. The minimum Gasteiger partial charge on any atom is -0.469 e. The van der Waals surface area contributed by atoms with Crippen molar-refractivity contribution in [1.82, 2.24) is 0 Å². The highest BCUT2D eigenvalue weighted by molar-refractivity contribution is 5.95. The molecule has 0 N–H and O–H groups in total. The number of fused-ring (bicyclic) bond motifs is 2. The van der Waals surface area contributed by atoms with Gasteiger partial charge in [0.1, 0.15) is 5.78 Å². The molecule has 0 aromatic rings. The maximum absolute atomic E-state index is 12.4. The quantitative estimate of drug-likeness (QED) is 0.557. The molecule has 0 saturated heterocycles. The first-order valence-electron chi connectivity index (χ1n) is 6.20. The zero-order valence-electron chi connectivity index (χ0n) is 10.7. The number of rotatable bonds is 3. The lowest BCUT2D eigenvalue weighted by Crippen LogP contribution is -2.44. The predicted molar refractivity (Wildman–Crippen MR) is 64.2 cm³/mol. The van der Waals surface area contributed by atoms with Crippen LogP contribution >= 0.6 is 0 Å². The molecule has 0 aliphatic heterocycles. The number of carbonyl (C=O) groups excluding carboxylic acids is 2. The Labute approximate surface area is 102 Å². The van der Waals surface area contributed by atoms with Gasteiger partial charge in [-0.15, -0.1) is 6.58 Å². The molecule has 94 valence electrons. The highest BCUT2D eigenvalue weighted by Crippen LogP contribution is 2.60. The van der Waals surface area contributed by atoms with Crippen molar-refractivity contribution < 1.29 is 14.3 Å². The van der Waals surface area contributed by atoms with E-state index in [2.05, 4.69) is 13.5 Å². The number of Topliss-reactive ketones (excluding diaryl/α,β-unsaturated/α-hetero) is 1. The summed E-state index contributed by atoms with van der Waals surface area (Å²) < 4.78 is 4.82. The minimum atomic E-state index is -0.309. The Morgan fingerprint density at radius 1 is 1.65 bits per heavy atom. The number of methoxy groups -OCH3 is 1. The smallest absolute Gasteiger partial charge is 0.309 e. The fourth-order valence-corrected chi connectivity index (χ4v) is 4.04. The molecule has 0 spiro atoms. The Kier molecular flexibility index (Phi) is 2.88. The molecule has 0 aromatic heterocycles. The summed E-state index contributed by atoms with van der Waals surface area (Å²) in [5.74, 6) is 0.176. The van der Waals surface area contributed by atoms with Gasteiger partial charge < -0.3 is 4.74 Å². The molecule has 0 aromatic carbocycles. The summed E-state index contributed by atoms with van der Waals surface area (Å²) in [4.78, 5) is 24.1. The molecule has 5 atom stereocenters. The summed E-state index contributed by atoms with van der Waals surface area (Å²) in [7, 11) is 1.40. The number of esters is 1. The molecule has 0 radical (unpaired) electrons. The third-order valence-electron chi connectivity index (χ3n) is 4.90. The summed E-state index contributed by atoms with van der Waals surface area (Å²) in [5.41, 5.74) is -0.309. The fraction of sp³-hybridized carbons (Fsp3) is 0.714. The number of allylic oxidation sites excluding steroid dienone is 1. The maximum Gasteiger partial charge on any atom is 0.309 e. The molecule has 0 heterocycles. The average molecular weight is 236 g/mol. The zero-order valence-corrected chi connectivity index (χ0v) is 10.7. The summed E-state index contributed by atoms with van der Waals surface area (Å²) in [6.07, 6.45) is 3.37. The second kappa shape index (κ2) is 3.97. The van der Waals surface area contributed by atoms with Crippen LogP contribution in [0.25, 0.3) is 0 Å². The van der Waals surface area contributed by atoms with Crippen molar-refractivity contribution in [2.24, 2.45) is 29.1 Å². The molecular weight excluding hydrogens is 216 g/mol. The molecule has 2 saturated carbocycles. The number of ether oxygens (including phenoxy) is 1. The molecule has 0 amide bonds. The number of hydrogen-bond donors (Lipinski definition) is 0. The van der Waals surface area contributed by atoms with Crippen LogP contribution in [0.5, 0.6) is 0 Å². The standard InChI is InChI=1S/C14H20O3/c1-5-6-14(3)10-7-9(12(14)15)11(8(10)2)13(16)17-4/h5,8-11H,1,6-7H2,2-4H3/t8-,9-,10+,11-,14+/m0/s1. The molecular formula is C14H20O3. The van der Waals surface area contributed by atoms with E-state index >= 15 is 0 Å². The van der Waals surface area contributed by atoms with Gasteiger partial charge in [0.2, 0.25) is 0 Å². The minimum absolute atomic E-state index is 0.132. The van der Waals surface area contributed by atoms with Gasteiger partial charge in [-0.05, 0) is 24.7 Å². The Morgan fingerprint density at radius 3 is 2.82 bits per heavy atom. The van der Waals surface area contributed by atoms with Gasteiger partial charge in [0.25, 0.3) is 0 Å². The second-order valence-corrected chi connectivity index (χ2v) is 5.63. The zero-order chi connectivity index (χ0) is 12.8. The molecule has 2 aliphatic carbocycles. The molecule has 3 nitrogen and oxygen atoms in total. The monoisotopic (exact) mass is 236 g/mol. The number of carbonyl (C=O) groups is 2. The normalized spacial score (nSPS) is 43.8. The Morgan fingerprint density at radius 2 is 2.29 bits per heavy atom. The van der Waals surface area contributed by atoms with Crippen LogP contribution in [0, 0.1) is 29.1 Å². The number of ketones is 1. The molecule has 2 fully saturated rings. The molecule has 0 unspecified atom stereocenters. The van der Waals surface area contributed by atoms with E-state index in [-0.39, 0.29) is 34.9 Å². The van der Waals surface area contributed by atoms with Crippen LogP contribution in [0.2, 0.25) is 0 Å². The summed E-state index contributed by atoms with van der Waals surface area (Å²) in [6.45, 7) is 7.83. The van der Waals surface area contributed by atoms with E-state index in [0.29, 0.717) is 12.3 Å². The predicted octanol–water partition coefficient (Wildman–Crippen LogP) is 2.21. The van der Waals surface area contributed by atoms with Crippen molar-refractivity contribution in [3.63, 3.8) is 0 Å². The van der Waals surface area contributed by atoms with E-state index in [1.165, 1.54) is 7.11 Å². The first-order chi connectivity index (χ1) is 7.97. The average Bonchev–Trinajstić information content (AvgIpc) is 2.75. The first kappa shape index (κ1) is 12.3. The van der Waals surface area contributed by atoms with Gasteiger partial charge >= 0.3 is 5.97 Å². The van der Waals surface area contributed by atoms with E-state index in [1.807, 2.05) is 13.0 Å². The Balaban J connectivity index is 2.30. The van der Waals surface area contributed by atoms with E-state index in [4.69, 9.17) is 4.74 Å². The van der Waals surface area contributed by atoms with Gasteiger partial charge in [-0.3, -0.25) is 9.59 Å². The molecule has 2 bridgehead atoms. The van der Waals surface area contributed by atoms with Crippen LogP contribution in [-0.2, 0) is 14.3 Å². The van der Waals surface area contributed by atoms with Crippen LogP contribution in [0.3, 0.4) is 0 Å². The van der Waals surface area contributed by atoms with Gasteiger partial charge in [-0.25, -0.2) is 0 Å². The van der Waals surface area contributed by atoms with Gasteiger partial charge in [-0.1, -0.05) is 19.9 Å². The van der Waals surface area contributed by atoms with E-state index in [0.717, 1.165) is 6.42 Å². The third kappa shape index (κ3) is 1.48. The molecule has 2 rings (SSSR count). The first-order valence-corrected chi connectivity index (χ1v) is 6.20. The summed E-state index contributed by atoms with van der Waals surface area (Å²) in [5, 5.41) is 0. The van der Waals surface area contributed by atoms with Crippen LogP contribution < -0.4 is 0 Å². The van der Waals surface area contributed by atoms with E-state index in [9.17, 15) is 9.59 Å². The van der Waals surface area contributed by atoms with Crippen molar-refractivity contribution >= 4 is 11.8 Å². The number of hydrogen-bond acceptors (Lipinski definition) is 3. The largest absolute Gasteiger partial charge is 0.469 e. The second-order valence-electron chi connectivity index (χ2n) is 5.63. The van der Waals surface area contributed by atoms with Crippen LogP contribution in [0.4, 0.5) is 0 Å². The third-order valence-corrected chi connectivity index (χ3v) is 4.90. The van der Waals surface area contributed by atoms with E-state index < -0.39 is 0 Å². The molecule has 2 aliphatic rings. The lowest BCUT2D eigenvalue weighted by atomic mass is 9.64. The van der Waals surface area contributed by atoms with Gasteiger partial charge in [0, 0.05) is 11.3 Å². The lowest BCUT2D eigenvalue weighted by molar-refractivity contribution is -0.155. The summed E-state index contributed by atoms with van der Waals surface area (Å²) in [6, 6.07) is 0. The Hall–Kier alpha value is -1.12. The van der Waals surface area contributed by atoms with Gasteiger partial charge in [0.15, 0.2) is 0 Å². The van der Waals surface area contributed by atoms with Crippen molar-refractivity contribution in [3.8, 4) is 0 Å². The van der Waals surface area contributed by atoms with Crippen LogP contribution in [0.15, 0.2) is 12.7 Å². The van der Waals surface area contributed by atoms with Gasteiger partial charge in [0.05, 0.1) is 13.0 Å². The molecule has 3 heteroatoms. The highest BCUT2D eigenvalue weighted by Gasteiger charge is 2.63.